The number of aromatic nitrogens is 3. The number of ether oxygens (including phenoxy) is 2. The highest BCUT2D eigenvalue weighted by atomic mass is 16.6. The SMILES string of the molecule is CCCCC(CCC)CN(C(=O)OC(C)(C)C)c1cc(OC2CCCCC2)nn2c(C)cnc12. The van der Waals surface area contributed by atoms with E-state index in [1.165, 1.54) is 19.3 Å². The molecule has 0 radical (unpaired) electrons. The highest BCUT2D eigenvalue weighted by Gasteiger charge is 2.29. The van der Waals surface area contributed by atoms with Gasteiger partial charge in [-0.3, -0.25) is 4.90 Å². The molecule has 0 spiro atoms. The van der Waals surface area contributed by atoms with Crippen LogP contribution in [0.5, 0.6) is 5.88 Å². The highest BCUT2D eigenvalue weighted by Crippen LogP contribution is 2.31. The third kappa shape index (κ3) is 7.09. The highest BCUT2D eigenvalue weighted by molar-refractivity contribution is 5.92. The predicted octanol–water partition coefficient (Wildman–Crippen LogP) is 7.10. The van der Waals surface area contributed by atoms with Crippen LogP contribution in [-0.2, 0) is 4.74 Å². The van der Waals surface area contributed by atoms with Gasteiger partial charge in [-0.15, -0.1) is 5.10 Å². The third-order valence-corrected chi connectivity index (χ3v) is 6.44. The van der Waals surface area contributed by atoms with E-state index in [1.807, 2.05) is 33.8 Å². The summed E-state index contributed by atoms with van der Waals surface area (Å²) in [5, 5.41) is 4.72. The molecule has 2 aromatic rings. The van der Waals surface area contributed by atoms with Crippen molar-refractivity contribution in [3.63, 3.8) is 0 Å². The van der Waals surface area contributed by atoms with Gasteiger partial charge < -0.3 is 9.47 Å². The van der Waals surface area contributed by atoms with Gasteiger partial charge in [0.1, 0.15) is 11.7 Å². The van der Waals surface area contributed by atoms with Gasteiger partial charge in [0.05, 0.1) is 17.6 Å². The van der Waals surface area contributed by atoms with Crippen molar-refractivity contribution in [3.05, 3.63) is 18.0 Å². The van der Waals surface area contributed by atoms with Crippen molar-refractivity contribution < 1.29 is 14.3 Å². The molecule has 34 heavy (non-hydrogen) atoms. The Morgan fingerprint density at radius 1 is 1.18 bits per heavy atom. The van der Waals surface area contributed by atoms with Gasteiger partial charge in [-0.1, -0.05) is 39.5 Å². The summed E-state index contributed by atoms with van der Waals surface area (Å²) in [7, 11) is 0. The molecular weight excluding hydrogens is 428 g/mol. The van der Waals surface area contributed by atoms with E-state index >= 15 is 0 Å². The fourth-order valence-corrected chi connectivity index (χ4v) is 4.73. The smallest absolute Gasteiger partial charge is 0.414 e. The number of amides is 1. The fraction of sp³-hybridized carbons (Fsp3) is 0.741. The lowest BCUT2D eigenvalue weighted by atomic mass is 9.96. The fourth-order valence-electron chi connectivity index (χ4n) is 4.73. The Balaban J connectivity index is 2.02. The Bertz CT molecular complexity index is 928. The number of carbonyl (C=O) groups is 1. The van der Waals surface area contributed by atoms with E-state index in [2.05, 4.69) is 18.8 Å². The van der Waals surface area contributed by atoms with E-state index in [4.69, 9.17) is 14.6 Å². The zero-order valence-electron chi connectivity index (χ0n) is 22.1. The summed E-state index contributed by atoms with van der Waals surface area (Å²) in [6.07, 6.45) is 12.9. The quantitative estimate of drug-likeness (QED) is 0.369. The lowest BCUT2D eigenvalue weighted by Crippen LogP contribution is -2.40. The number of imidazole rings is 1. The first-order valence-corrected chi connectivity index (χ1v) is 13.2. The molecule has 3 rings (SSSR count). The first-order chi connectivity index (χ1) is 16.2. The molecular formula is C27H44N4O3. The number of aryl methyl sites for hydroxylation is 1. The molecule has 0 bridgehead atoms. The number of carbonyl (C=O) groups excluding carboxylic acids is 1. The van der Waals surface area contributed by atoms with Gasteiger partial charge in [-0.25, -0.2) is 14.3 Å². The first-order valence-electron chi connectivity index (χ1n) is 13.2. The largest absolute Gasteiger partial charge is 0.473 e. The van der Waals surface area contributed by atoms with Crippen LogP contribution in [0.4, 0.5) is 10.5 Å². The average molecular weight is 473 g/mol. The summed E-state index contributed by atoms with van der Waals surface area (Å²) >= 11 is 0. The van der Waals surface area contributed by atoms with Crippen LogP contribution < -0.4 is 9.64 Å². The van der Waals surface area contributed by atoms with Crippen molar-refractivity contribution in [2.75, 3.05) is 11.4 Å². The Morgan fingerprint density at radius 2 is 1.91 bits per heavy atom. The zero-order chi connectivity index (χ0) is 24.7. The molecule has 1 fully saturated rings. The van der Waals surface area contributed by atoms with Crippen LogP contribution in [0.3, 0.4) is 0 Å². The molecule has 1 aliphatic carbocycles. The van der Waals surface area contributed by atoms with Crippen LogP contribution in [0.1, 0.15) is 105 Å². The molecule has 1 aliphatic rings. The van der Waals surface area contributed by atoms with E-state index in [1.54, 1.807) is 15.6 Å². The molecule has 7 heteroatoms. The second-order valence-corrected chi connectivity index (χ2v) is 10.8. The predicted molar refractivity (Wildman–Crippen MR) is 137 cm³/mol. The minimum atomic E-state index is -0.588. The van der Waals surface area contributed by atoms with Gasteiger partial charge in [-0.05, 0) is 72.1 Å². The van der Waals surface area contributed by atoms with Gasteiger partial charge in [0.2, 0.25) is 5.88 Å². The molecule has 0 aliphatic heterocycles. The number of rotatable bonds is 10. The van der Waals surface area contributed by atoms with Gasteiger partial charge >= 0.3 is 6.09 Å². The summed E-state index contributed by atoms with van der Waals surface area (Å²) in [5.41, 5.74) is 1.69. The Labute approximate surface area is 205 Å². The zero-order valence-corrected chi connectivity index (χ0v) is 22.1. The van der Waals surface area contributed by atoms with Crippen molar-refractivity contribution in [3.8, 4) is 5.88 Å². The number of anilines is 1. The molecule has 1 unspecified atom stereocenters. The molecule has 2 heterocycles. The maximum absolute atomic E-state index is 13.5. The molecule has 0 N–H and O–H groups in total. The summed E-state index contributed by atoms with van der Waals surface area (Å²) in [6, 6.07) is 1.89. The van der Waals surface area contributed by atoms with Crippen molar-refractivity contribution in [2.24, 2.45) is 5.92 Å². The van der Waals surface area contributed by atoms with Crippen LogP contribution in [0.2, 0.25) is 0 Å². The standard InChI is InChI=1S/C27H44N4O3/c1-7-9-14-21(13-8-2)19-30(26(32)34-27(4,5)6)23-17-24(33-22-15-11-10-12-16-22)29-31-20(3)18-28-25(23)31/h17-18,21-22H,7-16,19H2,1-6H3. The molecule has 190 valence electrons. The van der Waals surface area contributed by atoms with Crippen LogP contribution >= 0.6 is 0 Å². The van der Waals surface area contributed by atoms with Crippen molar-refractivity contribution in [1.29, 1.82) is 0 Å². The lowest BCUT2D eigenvalue weighted by molar-refractivity contribution is 0.0573. The maximum Gasteiger partial charge on any atom is 0.414 e. The van der Waals surface area contributed by atoms with E-state index < -0.39 is 5.60 Å². The van der Waals surface area contributed by atoms with Gasteiger partial charge in [0.25, 0.3) is 0 Å². The summed E-state index contributed by atoms with van der Waals surface area (Å²) in [6.45, 7) is 12.7. The summed E-state index contributed by atoms with van der Waals surface area (Å²) in [5.74, 6) is 0.939. The number of hydrogen-bond donors (Lipinski definition) is 0. The Kier molecular flexibility index (Phi) is 9.20. The normalized spacial score (nSPS) is 15.9. The van der Waals surface area contributed by atoms with E-state index in [0.717, 1.165) is 50.6 Å². The van der Waals surface area contributed by atoms with Crippen molar-refractivity contribution in [2.45, 2.75) is 117 Å². The minimum absolute atomic E-state index is 0.169. The molecule has 2 aromatic heterocycles. The van der Waals surface area contributed by atoms with Crippen molar-refractivity contribution in [1.82, 2.24) is 14.6 Å². The maximum atomic E-state index is 13.5. The van der Waals surface area contributed by atoms with Crippen LogP contribution in [0.25, 0.3) is 5.65 Å². The molecule has 0 aromatic carbocycles. The molecule has 1 amide bonds. The average Bonchev–Trinajstić information content (AvgIpc) is 3.15. The molecule has 1 saturated carbocycles. The van der Waals surface area contributed by atoms with E-state index in [-0.39, 0.29) is 12.2 Å². The summed E-state index contributed by atoms with van der Waals surface area (Å²) < 4.78 is 14.0. The van der Waals surface area contributed by atoms with Crippen LogP contribution in [0.15, 0.2) is 12.3 Å². The van der Waals surface area contributed by atoms with Gasteiger partial charge in [0.15, 0.2) is 5.65 Å². The lowest BCUT2D eigenvalue weighted by Gasteiger charge is -2.31. The second kappa shape index (κ2) is 11.9. The first kappa shape index (κ1) is 26.3. The second-order valence-electron chi connectivity index (χ2n) is 10.8. The summed E-state index contributed by atoms with van der Waals surface area (Å²) in [4.78, 5) is 19.9. The minimum Gasteiger partial charge on any atom is -0.473 e. The van der Waals surface area contributed by atoms with Crippen LogP contribution in [-0.4, -0.2) is 38.9 Å². The van der Waals surface area contributed by atoms with Gasteiger partial charge in [-0.2, -0.15) is 0 Å². The number of hydrogen-bond acceptors (Lipinski definition) is 5. The Hall–Kier alpha value is -2.31. The van der Waals surface area contributed by atoms with E-state index in [9.17, 15) is 4.79 Å². The monoisotopic (exact) mass is 472 g/mol. The van der Waals surface area contributed by atoms with Gasteiger partial charge in [0, 0.05) is 12.6 Å². The Morgan fingerprint density at radius 3 is 2.56 bits per heavy atom. The van der Waals surface area contributed by atoms with E-state index in [0.29, 0.717) is 29.7 Å². The third-order valence-electron chi connectivity index (χ3n) is 6.44. The molecule has 7 nitrogen and oxygen atoms in total. The number of unbranched alkanes of at least 4 members (excludes halogenated alkanes) is 1. The van der Waals surface area contributed by atoms with Crippen LogP contribution in [0, 0.1) is 12.8 Å². The molecule has 0 saturated heterocycles. The number of nitrogens with zero attached hydrogens (tertiary/aromatic N) is 4. The molecule has 1 atom stereocenters. The topological polar surface area (TPSA) is 69.0 Å². The van der Waals surface area contributed by atoms with Crippen molar-refractivity contribution >= 4 is 17.4 Å². The number of fused-ring (bicyclic) bond motifs is 1.